The molecule has 1 heterocycles. The zero-order valence-electron chi connectivity index (χ0n) is 10.0. The lowest BCUT2D eigenvalue weighted by Gasteiger charge is -1.99. The highest BCUT2D eigenvalue weighted by atomic mass is 16.5. The zero-order valence-corrected chi connectivity index (χ0v) is 10.0. The number of ether oxygens (including phenoxy) is 1. The molecule has 0 saturated heterocycles. The molecular weight excluding hydrogens is 230 g/mol. The van der Waals surface area contributed by atoms with E-state index in [2.05, 4.69) is 21.4 Å². The van der Waals surface area contributed by atoms with Crippen LogP contribution in [-0.2, 0) is 6.54 Å². The summed E-state index contributed by atoms with van der Waals surface area (Å²) in [6.45, 7) is 0.929. The molecule has 1 aromatic heterocycles. The van der Waals surface area contributed by atoms with Crippen LogP contribution in [0.4, 0.5) is 0 Å². The third-order valence-electron chi connectivity index (χ3n) is 2.30. The van der Waals surface area contributed by atoms with E-state index >= 15 is 0 Å². The summed E-state index contributed by atoms with van der Waals surface area (Å²) in [6, 6.07) is 7.48. The van der Waals surface area contributed by atoms with E-state index in [9.17, 15) is 0 Å². The normalized spacial score (nSPS) is 10.0. The highest BCUT2D eigenvalue weighted by Gasteiger charge is 2.08. The quantitative estimate of drug-likeness (QED) is 0.636. The molecule has 5 heteroatoms. The lowest BCUT2D eigenvalue weighted by molar-refractivity contribution is 0.370. The van der Waals surface area contributed by atoms with Gasteiger partial charge in [-0.15, -0.1) is 6.42 Å². The molecule has 92 valence electrons. The van der Waals surface area contributed by atoms with Gasteiger partial charge >= 0.3 is 0 Å². The van der Waals surface area contributed by atoms with Gasteiger partial charge in [0.2, 0.25) is 11.7 Å². The van der Waals surface area contributed by atoms with Gasteiger partial charge in [0.25, 0.3) is 0 Å². The van der Waals surface area contributed by atoms with Crippen LogP contribution in [-0.4, -0.2) is 23.8 Å². The monoisotopic (exact) mass is 243 g/mol. The van der Waals surface area contributed by atoms with Gasteiger partial charge in [0, 0.05) is 5.56 Å². The first-order chi connectivity index (χ1) is 8.83. The van der Waals surface area contributed by atoms with Crippen molar-refractivity contribution >= 4 is 0 Å². The Labute approximate surface area is 105 Å². The second-order valence-corrected chi connectivity index (χ2v) is 3.55. The highest BCUT2D eigenvalue weighted by molar-refractivity contribution is 5.56. The Balaban J connectivity index is 2.11. The molecule has 0 saturated carbocycles. The van der Waals surface area contributed by atoms with Crippen LogP contribution in [0.3, 0.4) is 0 Å². The van der Waals surface area contributed by atoms with E-state index in [4.69, 9.17) is 15.7 Å². The smallest absolute Gasteiger partial charge is 0.240 e. The molecule has 0 bridgehead atoms. The fourth-order valence-electron chi connectivity index (χ4n) is 1.45. The molecule has 0 atom stereocenters. The Morgan fingerprint density at radius 2 is 2.39 bits per heavy atom. The van der Waals surface area contributed by atoms with Crippen LogP contribution >= 0.6 is 0 Å². The lowest BCUT2D eigenvalue weighted by Crippen LogP contribution is -2.13. The zero-order chi connectivity index (χ0) is 12.8. The molecule has 2 rings (SSSR count). The predicted molar refractivity (Wildman–Crippen MR) is 66.8 cm³/mol. The van der Waals surface area contributed by atoms with Crippen molar-refractivity contribution in [1.82, 2.24) is 15.5 Å². The second kappa shape index (κ2) is 5.84. The first kappa shape index (κ1) is 12.1. The molecule has 5 nitrogen and oxygen atoms in total. The molecular formula is C13H13N3O2. The summed E-state index contributed by atoms with van der Waals surface area (Å²) in [5, 5.41) is 6.89. The van der Waals surface area contributed by atoms with Gasteiger partial charge in [-0.2, -0.15) is 4.98 Å². The summed E-state index contributed by atoms with van der Waals surface area (Å²) in [5.41, 5.74) is 0.848. The molecule has 1 aromatic carbocycles. The summed E-state index contributed by atoms with van der Waals surface area (Å²) < 4.78 is 10.2. The number of aromatic nitrogens is 2. The van der Waals surface area contributed by atoms with Gasteiger partial charge in [-0.25, -0.2) is 0 Å². The summed E-state index contributed by atoms with van der Waals surface area (Å²) >= 11 is 0. The van der Waals surface area contributed by atoms with Crippen LogP contribution in [0, 0.1) is 12.3 Å². The van der Waals surface area contributed by atoms with E-state index in [1.807, 2.05) is 24.3 Å². The Bertz CT molecular complexity index is 557. The van der Waals surface area contributed by atoms with Crippen LogP contribution in [0.15, 0.2) is 28.8 Å². The van der Waals surface area contributed by atoms with Gasteiger partial charge in [-0.05, 0) is 12.1 Å². The Morgan fingerprint density at radius 3 is 3.17 bits per heavy atom. The molecule has 0 aliphatic carbocycles. The highest BCUT2D eigenvalue weighted by Crippen LogP contribution is 2.20. The second-order valence-electron chi connectivity index (χ2n) is 3.55. The molecule has 0 fully saturated rings. The molecule has 1 N–H and O–H groups in total. The Kier molecular flexibility index (Phi) is 3.94. The van der Waals surface area contributed by atoms with E-state index in [-0.39, 0.29) is 0 Å². The molecule has 0 unspecified atom stereocenters. The van der Waals surface area contributed by atoms with Crippen molar-refractivity contribution in [2.45, 2.75) is 6.54 Å². The minimum absolute atomic E-state index is 0.459. The minimum atomic E-state index is 0.459. The number of benzene rings is 1. The maximum atomic E-state index is 5.14. The van der Waals surface area contributed by atoms with E-state index in [0.717, 1.165) is 11.3 Å². The van der Waals surface area contributed by atoms with Gasteiger partial charge in [0.15, 0.2) is 0 Å². The number of hydrogen-bond acceptors (Lipinski definition) is 5. The SMILES string of the molecule is C#CCNCc1nc(-c2cccc(OC)c2)no1. The average molecular weight is 243 g/mol. The van der Waals surface area contributed by atoms with Crippen molar-refractivity contribution in [2.75, 3.05) is 13.7 Å². The largest absolute Gasteiger partial charge is 0.497 e. The summed E-state index contributed by atoms with van der Waals surface area (Å²) in [5.74, 6) is 4.26. The first-order valence-corrected chi connectivity index (χ1v) is 5.44. The molecule has 2 aromatic rings. The Morgan fingerprint density at radius 1 is 1.50 bits per heavy atom. The van der Waals surface area contributed by atoms with Crippen molar-refractivity contribution in [1.29, 1.82) is 0 Å². The van der Waals surface area contributed by atoms with Crippen molar-refractivity contribution in [2.24, 2.45) is 0 Å². The van der Waals surface area contributed by atoms with Crippen LogP contribution in [0.1, 0.15) is 5.89 Å². The van der Waals surface area contributed by atoms with E-state index in [0.29, 0.717) is 24.8 Å². The van der Waals surface area contributed by atoms with E-state index in [1.165, 1.54) is 0 Å². The van der Waals surface area contributed by atoms with Gasteiger partial charge in [0.05, 0.1) is 20.2 Å². The van der Waals surface area contributed by atoms with E-state index in [1.54, 1.807) is 7.11 Å². The number of hydrogen-bond donors (Lipinski definition) is 1. The number of methoxy groups -OCH3 is 1. The standard InChI is InChI=1S/C13H13N3O2/c1-3-7-14-9-12-15-13(16-18-12)10-5-4-6-11(8-10)17-2/h1,4-6,8,14H,7,9H2,2H3. The number of rotatable bonds is 5. The maximum Gasteiger partial charge on any atom is 0.240 e. The van der Waals surface area contributed by atoms with E-state index < -0.39 is 0 Å². The fraction of sp³-hybridized carbons (Fsp3) is 0.231. The van der Waals surface area contributed by atoms with Gasteiger partial charge in [-0.3, -0.25) is 5.32 Å². The van der Waals surface area contributed by atoms with Crippen molar-refractivity contribution in [3.05, 3.63) is 30.2 Å². The summed E-state index contributed by atoms with van der Waals surface area (Å²) in [6.07, 6.45) is 5.13. The van der Waals surface area contributed by atoms with Crippen LogP contribution < -0.4 is 10.1 Å². The fourth-order valence-corrected chi connectivity index (χ4v) is 1.45. The van der Waals surface area contributed by atoms with Gasteiger partial charge < -0.3 is 9.26 Å². The average Bonchev–Trinajstić information content (AvgIpc) is 2.88. The molecule has 18 heavy (non-hydrogen) atoms. The molecule has 0 aliphatic rings. The molecule has 0 aliphatic heterocycles. The van der Waals surface area contributed by atoms with Crippen LogP contribution in [0.5, 0.6) is 5.75 Å². The van der Waals surface area contributed by atoms with Crippen LogP contribution in [0.2, 0.25) is 0 Å². The minimum Gasteiger partial charge on any atom is -0.497 e. The number of nitrogens with zero attached hydrogens (tertiary/aromatic N) is 2. The third kappa shape index (κ3) is 2.87. The topological polar surface area (TPSA) is 60.2 Å². The van der Waals surface area contributed by atoms with Crippen molar-refractivity contribution < 1.29 is 9.26 Å². The van der Waals surface area contributed by atoms with Crippen molar-refractivity contribution in [3.8, 4) is 29.5 Å². The molecule has 0 spiro atoms. The molecule has 0 amide bonds. The Hall–Kier alpha value is -2.32. The third-order valence-corrected chi connectivity index (χ3v) is 2.30. The first-order valence-electron chi connectivity index (χ1n) is 5.44. The van der Waals surface area contributed by atoms with Gasteiger partial charge in [-0.1, -0.05) is 23.2 Å². The maximum absolute atomic E-state index is 5.14. The summed E-state index contributed by atoms with van der Waals surface area (Å²) in [4.78, 5) is 4.26. The number of nitrogens with one attached hydrogen (secondary N) is 1. The predicted octanol–water partition coefficient (Wildman–Crippen LogP) is 1.47. The van der Waals surface area contributed by atoms with Crippen molar-refractivity contribution in [3.63, 3.8) is 0 Å². The van der Waals surface area contributed by atoms with Gasteiger partial charge in [0.1, 0.15) is 5.75 Å². The molecule has 0 radical (unpaired) electrons. The number of terminal acetylenes is 1. The van der Waals surface area contributed by atoms with Crippen LogP contribution in [0.25, 0.3) is 11.4 Å². The lowest BCUT2D eigenvalue weighted by atomic mass is 10.2. The summed E-state index contributed by atoms with van der Waals surface area (Å²) in [7, 11) is 1.62.